The summed E-state index contributed by atoms with van der Waals surface area (Å²) >= 11 is 1.26. The lowest BCUT2D eigenvalue weighted by molar-refractivity contribution is -0.492. The van der Waals surface area contributed by atoms with Crippen LogP contribution in [0.3, 0.4) is 0 Å². The van der Waals surface area contributed by atoms with Gasteiger partial charge in [-0.15, -0.1) is 0 Å². The standard InChI is InChI=1S/C26H32N4O6S/c1-15(2)36-19(17-10-7-8-11-18(17)35-6)14-29-23-20(16(3)21(37-23)28-13-9-12-27)22(31)30(25(29)34)26(4,5)24(32)33/h7-13,15,19,27-28H,14H2,1-6H3,(H,32,33)/p+1. The second-order valence-corrected chi connectivity index (χ2v) is 10.3. The Hall–Kier alpha value is -3.54. The molecule has 0 amide bonds. The number of methoxy groups -OCH3 is 1. The first-order valence-corrected chi connectivity index (χ1v) is 12.6. The van der Waals surface area contributed by atoms with Crippen molar-refractivity contribution in [1.82, 2.24) is 9.13 Å². The number of para-hydroxylation sites is 1. The molecule has 1 aromatic carbocycles. The second kappa shape index (κ2) is 11.2. The van der Waals surface area contributed by atoms with Gasteiger partial charge in [0.2, 0.25) is 0 Å². The van der Waals surface area contributed by atoms with Crippen LogP contribution in [0.2, 0.25) is 0 Å². The molecule has 3 rings (SSSR count). The van der Waals surface area contributed by atoms with Gasteiger partial charge in [-0.1, -0.05) is 29.5 Å². The summed E-state index contributed by atoms with van der Waals surface area (Å²) in [5, 5.41) is 19.9. The highest BCUT2D eigenvalue weighted by molar-refractivity contribution is 7.21. The molecule has 0 radical (unpaired) electrons. The van der Waals surface area contributed by atoms with E-state index in [1.807, 2.05) is 32.0 Å². The summed E-state index contributed by atoms with van der Waals surface area (Å²) < 4.78 is 14.0. The molecule has 2 aromatic heterocycles. The van der Waals surface area contributed by atoms with Gasteiger partial charge in [-0.25, -0.2) is 14.2 Å². The Bertz CT molecular complexity index is 1460. The molecule has 1 unspecified atom stereocenters. The number of nitrogens with zero attached hydrogens (tertiary/aromatic N) is 2. The van der Waals surface area contributed by atoms with E-state index in [0.717, 1.165) is 21.3 Å². The van der Waals surface area contributed by atoms with Crippen molar-refractivity contribution >= 4 is 38.7 Å². The zero-order valence-electron chi connectivity index (χ0n) is 21.8. The Labute approximate surface area is 218 Å². The number of benzene rings is 1. The summed E-state index contributed by atoms with van der Waals surface area (Å²) in [6.45, 7) is 8.22. The highest BCUT2D eigenvalue weighted by Crippen LogP contribution is 2.33. The van der Waals surface area contributed by atoms with Crippen LogP contribution < -0.4 is 21.3 Å². The van der Waals surface area contributed by atoms with Crippen LogP contribution in [0, 0.1) is 12.3 Å². The number of nitrogens with two attached hydrogens (primary N) is 1. The molecule has 1 atom stereocenters. The maximum absolute atomic E-state index is 13.9. The molecule has 10 nitrogen and oxygen atoms in total. The van der Waals surface area contributed by atoms with Crippen molar-refractivity contribution in [2.75, 3.05) is 7.11 Å². The highest BCUT2D eigenvalue weighted by Gasteiger charge is 2.36. The normalized spacial score (nSPS) is 12.9. The number of hydrogen-bond acceptors (Lipinski definition) is 7. The van der Waals surface area contributed by atoms with Gasteiger partial charge in [-0.2, -0.15) is 0 Å². The summed E-state index contributed by atoms with van der Waals surface area (Å²) in [6, 6.07) is 7.34. The molecule has 0 aliphatic carbocycles. The third kappa shape index (κ3) is 5.43. The highest BCUT2D eigenvalue weighted by atomic mass is 32.1. The van der Waals surface area contributed by atoms with Crippen molar-refractivity contribution in [3.63, 3.8) is 0 Å². The Morgan fingerprint density at radius 3 is 2.54 bits per heavy atom. The van der Waals surface area contributed by atoms with Gasteiger partial charge in [0.05, 0.1) is 31.3 Å². The minimum Gasteiger partial charge on any atom is -0.496 e. The van der Waals surface area contributed by atoms with Crippen LogP contribution in [-0.4, -0.2) is 39.6 Å². The van der Waals surface area contributed by atoms with Gasteiger partial charge in [-0.3, -0.25) is 14.7 Å². The molecule has 0 aliphatic rings. The Balaban J connectivity index is 2.37. The molecule has 11 heteroatoms. The van der Waals surface area contributed by atoms with Crippen LogP contribution in [-0.2, 0) is 21.6 Å². The van der Waals surface area contributed by atoms with E-state index in [9.17, 15) is 19.5 Å². The van der Waals surface area contributed by atoms with Crippen LogP contribution in [0.25, 0.3) is 10.2 Å². The minimum absolute atomic E-state index is 0.0274. The summed E-state index contributed by atoms with van der Waals surface area (Å²) in [6.07, 6.45) is 3.54. The lowest BCUT2D eigenvalue weighted by Crippen LogP contribution is -2.70. The van der Waals surface area contributed by atoms with Crippen LogP contribution in [0.4, 0.5) is 5.00 Å². The van der Waals surface area contributed by atoms with Crippen molar-refractivity contribution in [2.24, 2.45) is 0 Å². The number of aromatic nitrogens is 2. The summed E-state index contributed by atoms with van der Waals surface area (Å²) in [5.41, 5.74) is -1.84. The Morgan fingerprint density at radius 2 is 1.95 bits per heavy atom. The summed E-state index contributed by atoms with van der Waals surface area (Å²) in [4.78, 5) is 40.0. The number of nitrogens with one attached hydrogen (secondary N) is 1. The number of hydrogen-bond donors (Lipinski definition) is 3. The Morgan fingerprint density at radius 1 is 1.27 bits per heavy atom. The van der Waals surface area contributed by atoms with E-state index in [1.165, 1.54) is 35.8 Å². The number of allylic oxidation sites excluding steroid dienone is 1. The predicted molar refractivity (Wildman–Crippen MR) is 144 cm³/mol. The van der Waals surface area contributed by atoms with E-state index in [-0.39, 0.29) is 18.0 Å². The zero-order valence-corrected chi connectivity index (χ0v) is 22.6. The fourth-order valence-electron chi connectivity index (χ4n) is 4.11. The van der Waals surface area contributed by atoms with E-state index in [0.29, 0.717) is 16.1 Å². The number of fused-ring (bicyclic) bond motifs is 1. The van der Waals surface area contributed by atoms with Gasteiger partial charge in [0.1, 0.15) is 22.2 Å². The molecule has 0 saturated heterocycles. The van der Waals surface area contributed by atoms with Gasteiger partial charge in [0.15, 0.2) is 5.00 Å². The molecule has 0 bridgehead atoms. The maximum atomic E-state index is 13.9. The van der Waals surface area contributed by atoms with Gasteiger partial charge in [-0.05, 0) is 40.7 Å². The second-order valence-electron chi connectivity index (χ2n) is 9.30. The number of ether oxygens (including phenoxy) is 2. The topological polar surface area (TPSA) is 140 Å². The van der Waals surface area contributed by atoms with Crippen LogP contribution in [0.5, 0.6) is 5.75 Å². The average molecular weight is 530 g/mol. The molecule has 0 fully saturated rings. The zero-order chi connectivity index (χ0) is 27.5. The van der Waals surface area contributed by atoms with Crippen LogP contribution in [0.1, 0.15) is 44.9 Å². The van der Waals surface area contributed by atoms with Crippen molar-refractivity contribution < 1.29 is 24.7 Å². The van der Waals surface area contributed by atoms with Crippen LogP contribution in [0.15, 0.2) is 46.1 Å². The van der Waals surface area contributed by atoms with Crippen LogP contribution >= 0.6 is 11.3 Å². The SMILES string of the molecule is COc1ccccc1C(Cn1c(=O)n(C(C)(C)C(=O)O)c(=O)c2c(C)c([NH2+]C=CC=N)sc21)OC(C)C. The molecular formula is C26H33N4O6S+. The first-order valence-electron chi connectivity index (χ1n) is 11.8. The number of aryl methyl sites for hydroxylation is 1. The van der Waals surface area contributed by atoms with E-state index >= 15 is 0 Å². The molecule has 0 saturated carbocycles. The van der Waals surface area contributed by atoms with E-state index < -0.39 is 28.9 Å². The summed E-state index contributed by atoms with van der Waals surface area (Å²) in [5.74, 6) is -0.712. The largest absolute Gasteiger partial charge is 0.496 e. The van der Waals surface area contributed by atoms with Gasteiger partial charge < -0.3 is 20.0 Å². The summed E-state index contributed by atoms with van der Waals surface area (Å²) in [7, 11) is 1.55. The number of thiophene rings is 1. The van der Waals surface area contributed by atoms with E-state index in [2.05, 4.69) is 0 Å². The van der Waals surface area contributed by atoms with Gasteiger partial charge in [0, 0.05) is 23.4 Å². The van der Waals surface area contributed by atoms with Crippen molar-refractivity contribution in [2.45, 2.75) is 58.9 Å². The molecule has 4 N–H and O–H groups in total. The average Bonchev–Trinajstić information content (AvgIpc) is 3.16. The smallest absolute Gasteiger partial charge is 0.333 e. The fourth-order valence-corrected chi connectivity index (χ4v) is 5.33. The lowest BCUT2D eigenvalue weighted by Gasteiger charge is -2.26. The molecule has 3 aromatic rings. The van der Waals surface area contributed by atoms with E-state index in [1.54, 1.807) is 31.6 Å². The fraction of sp³-hybridized carbons (Fsp3) is 0.385. The third-order valence-electron chi connectivity index (χ3n) is 6.06. The monoisotopic (exact) mass is 529 g/mol. The van der Waals surface area contributed by atoms with Crippen molar-refractivity contribution in [3.8, 4) is 5.75 Å². The molecule has 0 aliphatic heterocycles. The number of carboxylic acid groups (broad SMARTS) is 1. The quantitative estimate of drug-likeness (QED) is 0.326. The molecule has 37 heavy (non-hydrogen) atoms. The van der Waals surface area contributed by atoms with Crippen molar-refractivity contribution in [1.29, 1.82) is 5.41 Å². The maximum Gasteiger partial charge on any atom is 0.333 e. The first kappa shape index (κ1) is 28.0. The number of quaternary nitrogens is 1. The minimum atomic E-state index is -1.79. The predicted octanol–water partition coefficient (Wildman–Crippen LogP) is 2.89. The third-order valence-corrected chi connectivity index (χ3v) is 7.34. The van der Waals surface area contributed by atoms with E-state index in [4.69, 9.17) is 14.9 Å². The molecular weight excluding hydrogens is 496 g/mol. The molecule has 2 heterocycles. The van der Waals surface area contributed by atoms with Gasteiger partial charge >= 0.3 is 11.7 Å². The van der Waals surface area contributed by atoms with Gasteiger partial charge in [0.25, 0.3) is 5.56 Å². The number of carboxylic acids is 1. The molecule has 198 valence electrons. The number of carbonyl (C=O) groups is 1. The lowest BCUT2D eigenvalue weighted by atomic mass is 10.1. The van der Waals surface area contributed by atoms with Crippen molar-refractivity contribution in [3.05, 3.63) is 68.5 Å². The number of rotatable bonds is 11. The first-order chi connectivity index (χ1) is 17.4. The molecule has 0 spiro atoms. The number of aliphatic carboxylic acids is 1. The Kier molecular flexibility index (Phi) is 8.52.